The standard InChI is InChI=1S/C14H21FN2/c1-10(2)8-17(13-4-5-13)9-11-7-12(15)3-6-14(11)16/h3,6-7,10,13H,4-5,8-9,16H2,1-2H3. The average Bonchev–Trinajstić information content (AvgIpc) is 3.05. The van der Waals surface area contributed by atoms with Crippen molar-refractivity contribution >= 4 is 5.69 Å². The van der Waals surface area contributed by atoms with Crippen LogP contribution in [0.4, 0.5) is 10.1 Å². The lowest BCUT2D eigenvalue weighted by Crippen LogP contribution is -2.29. The number of hydrogen-bond acceptors (Lipinski definition) is 2. The predicted molar refractivity (Wildman–Crippen MR) is 69.1 cm³/mol. The van der Waals surface area contributed by atoms with E-state index in [0.29, 0.717) is 17.6 Å². The zero-order valence-electron chi connectivity index (χ0n) is 10.6. The van der Waals surface area contributed by atoms with Gasteiger partial charge in [-0.2, -0.15) is 0 Å². The molecule has 0 aliphatic heterocycles. The molecule has 1 aliphatic rings. The van der Waals surface area contributed by atoms with Crippen LogP contribution in [0.1, 0.15) is 32.3 Å². The van der Waals surface area contributed by atoms with Gasteiger partial charge in [0, 0.05) is 24.8 Å². The van der Waals surface area contributed by atoms with Crippen LogP contribution in [0, 0.1) is 11.7 Å². The Morgan fingerprint density at radius 2 is 2.12 bits per heavy atom. The maximum absolute atomic E-state index is 13.2. The van der Waals surface area contributed by atoms with Gasteiger partial charge in [0.25, 0.3) is 0 Å². The molecule has 0 aromatic heterocycles. The number of rotatable bonds is 5. The van der Waals surface area contributed by atoms with Crippen LogP contribution in [0.25, 0.3) is 0 Å². The molecule has 3 heteroatoms. The first-order valence-corrected chi connectivity index (χ1v) is 6.34. The van der Waals surface area contributed by atoms with E-state index in [1.54, 1.807) is 12.1 Å². The summed E-state index contributed by atoms with van der Waals surface area (Å²) in [4.78, 5) is 2.43. The Morgan fingerprint density at radius 3 is 2.71 bits per heavy atom. The topological polar surface area (TPSA) is 29.3 Å². The smallest absolute Gasteiger partial charge is 0.123 e. The lowest BCUT2D eigenvalue weighted by Gasteiger charge is -2.24. The van der Waals surface area contributed by atoms with Gasteiger partial charge in [-0.1, -0.05) is 13.8 Å². The quantitative estimate of drug-likeness (QED) is 0.796. The first kappa shape index (κ1) is 12.4. The third-order valence-corrected chi connectivity index (χ3v) is 3.14. The van der Waals surface area contributed by atoms with Crippen molar-refractivity contribution in [2.45, 2.75) is 39.3 Å². The van der Waals surface area contributed by atoms with Gasteiger partial charge in [0.05, 0.1) is 0 Å². The molecule has 0 unspecified atom stereocenters. The molecule has 0 amide bonds. The van der Waals surface area contributed by atoms with Crippen molar-refractivity contribution in [2.24, 2.45) is 5.92 Å². The van der Waals surface area contributed by atoms with Gasteiger partial charge in [0.15, 0.2) is 0 Å². The van der Waals surface area contributed by atoms with E-state index in [2.05, 4.69) is 18.7 Å². The molecule has 0 atom stereocenters. The highest BCUT2D eigenvalue weighted by molar-refractivity contribution is 5.46. The molecule has 1 aliphatic carbocycles. The number of hydrogen-bond donors (Lipinski definition) is 1. The minimum Gasteiger partial charge on any atom is -0.398 e. The van der Waals surface area contributed by atoms with Gasteiger partial charge >= 0.3 is 0 Å². The summed E-state index contributed by atoms with van der Waals surface area (Å²) >= 11 is 0. The molecule has 0 bridgehead atoms. The summed E-state index contributed by atoms with van der Waals surface area (Å²) in [5.74, 6) is 0.430. The fourth-order valence-electron chi connectivity index (χ4n) is 2.18. The Labute approximate surface area is 103 Å². The van der Waals surface area contributed by atoms with Gasteiger partial charge in [-0.15, -0.1) is 0 Å². The van der Waals surface area contributed by atoms with Crippen LogP contribution in [0.2, 0.25) is 0 Å². The molecule has 1 fully saturated rings. The third-order valence-electron chi connectivity index (χ3n) is 3.14. The minimum atomic E-state index is -0.200. The summed E-state index contributed by atoms with van der Waals surface area (Å²) in [7, 11) is 0. The van der Waals surface area contributed by atoms with Gasteiger partial charge in [0.2, 0.25) is 0 Å². The second kappa shape index (κ2) is 5.05. The van der Waals surface area contributed by atoms with Gasteiger partial charge in [0.1, 0.15) is 5.82 Å². The van der Waals surface area contributed by atoms with Crippen LogP contribution >= 0.6 is 0 Å². The number of halogens is 1. The molecule has 2 N–H and O–H groups in total. The summed E-state index contributed by atoms with van der Waals surface area (Å²) in [6, 6.07) is 5.32. The number of nitrogens with two attached hydrogens (primary N) is 1. The van der Waals surface area contributed by atoms with E-state index in [0.717, 1.165) is 18.7 Å². The van der Waals surface area contributed by atoms with E-state index in [-0.39, 0.29) is 5.82 Å². The predicted octanol–water partition coefficient (Wildman–Crippen LogP) is 3.03. The van der Waals surface area contributed by atoms with E-state index in [9.17, 15) is 4.39 Å². The first-order chi connectivity index (χ1) is 8.06. The van der Waals surface area contributed by atoms with Crippen molar-refractivity contribution in [3.8, 4) is 0 Å². The zero-order valence-corrected chi connectivity index (χ0v) is 10.6. The van der Waals surface area contributed by atoms with E-state index < -0.39 is 0 Å². The number of anilines is 1. The summed E-state index contributed by atoms with van der Waals surface area (Å²) in [6.45, 7) is 6.25. The maximum atomic E-state index is 13.2. The third kappa shape index (κ3) is 3.43. The van der Waals surface area contributed by atoms with E-state index in [1.807, 2.05) is 0 Å². The molecular formula is C14H21FN2. The molecule has 1 aromatic carbocycles. The Kier molecular flexibility index (Phi) is 3.67. The van der Waals surface area contributed by atoms with Crippen LogP contribution in [0.3, 0.4) is 0 Å². The average molecular weight is 236 g/mol. The number of benzene rings is 1. The first-order valence-electron chi connectivity index (χ1n) is 6.34. The lowest BCUT2D eigenvalue weighted by atomic mass is 10.1. The van der Waals surface area contributed by atoms with Crippen LogP contribution in [0.15, 0.2) is 18.2 Å². The molecule has 0 radical (unpaired) electrons. The summed E-state index contributed by atoms with van der Waals surface area (Å²) in [6.07, 6.45) is 2.53. The van der Waals surface area contributed by atoms with Gasteiger partial charge in [-0.05, 0) is 42.5 Å². The van der Waals surface area contributed by atoms with Gasteiger partial charge < -0.3 is 5.73 Å². The van der Waals surface area contributed by atoms with Crippen LogP contribution in [-0.2, 0) is 6.54 Å². The Morgan fingerprint density at radius 1 is 1.41 bits per heavy atom. The van der Waals surface area contributed by atoms with E-state index in [4.69, 9.17) is 5.73 Å². The highest BCUT2D eigenvalue weighted by Gasteiger charge is 2.29. The lowest BCUT2D eigenvalue weighted by molar-refractivity contribution is 0.226. The monoisotopic (exact) mass is 236 g/mol. The molecule has 0 saturated heterocycles. The summed E-state index contributed by atoms with van der Waals surface area (Å²) in [5.41, 5.74) is 7.51. The Bertz CT molecular complexity index is 386. The van der Waals surface area contributed by atoms with E-state index >= 15 is 0 Å². The maximum Gasteiger partial charge on any atom is 0.123 e. The van der Waals surface area contributed by atoms with Crippen molar-refractivity contribution in [2.75, 3.05) is 12.3 Å². The molecule has 1 saturated carbocycles. The largest absolute Gasteiger partial charge is 0.398 e. The van der Waals surface area contributed by atoms with Gasteiger partial charge in [-0.3, -0.25) is 4.90 Å². The Hall–Kier alpha value is -1.09. The molecule has 1 aromatic rings. The Balaban J connectivity index is 2.08. The molecular weight excluding hydrogens is 215 g/mol. The fourth-order valence-corrected chi connectivity index (χ4v) is 2.18. The van der Waals surface area contributed by atoms with Gasteiger partial charge in [-0.25, -0.2) is 4.39 Å². The fraction of sp³-hybridized carbons (Fsp3) is 0.571. The molecule has 0 heterocycles. The zero-order chi connectivity index (χ0) is 12.4. The molecule has 94 valence electrons. The number of nitrogen functional groups attached to an aromatic ring is 1. The van der Waals surface area contributed by atoms with Crippen molar-refractivity contribution in [3.05, 3.63) is 29.6 Å². The summed E-state index contributed by atoms with van der Waals surface area (Å²) < 4.78 is 13.2. The van der Waals surface area contributed by atoms with Crippen molar-refractivity contribution in [1.82, 2.24) is 4.90 Å². The molecule has 17 heavy (non-hydrogen) atoms. The molecule has 2 nitrogen and oxygen atoms in total. The number of nitrogens with zero attached hydrogens (tertiary/aromatic N) is 1. The highest BCUT2D eigenvalue weighted by Crippen LogP contribution is 2.30. The second-order valence-electron chi connectivity index (χ2n) is 5.40. The molecule has 2 rings (SSSR count). The van der Waals surface area contributed by atoms with Crippen LogP contribution < -0.4 is 5.73 Å². The normalized spacial score (nSPS) is 15.8. The minimum absolute atomic E-state index is 0.200. The second-order valence-corrected chi connectivity index (χ2v) is 5.40. The van der Waals surface area contributed by atoms with E-state index in [1.165, 1.54) is 18.9 Å². The summed E-state index contributed by atoms with van der Waals surface area (Å²) in [5, 5.41) is 0. The van der Waals surface area contributed by atoms with Crippen molar-refractivity contribution < 1.29 is 4.39 Å². The van der Waals surface area contributed by atoms with Crippen LogP contribution in [-0.4, -0.2) is 17.5 Å². The van der Waals surface area contributed by atoms with Crippen molar-refractivity contribution in [1.29, 1.82) is 0 Å². The highest BCUT2D eigenvalue weighted by atomic mass is 19.1. The SMILES string of the molecule is CC(C)CN(Cc1cc(F)ccc1N)C1CC1. The van der Waals surface area contributed by atoms with Crippen molar-refractivity contribution in [3.63, 3.8) is 0 Å². The molecule has 0 spiro atoms. The van der Waals surface area contributed by atoms with Crippen LogP contribution in [0.5, 0.6) is 0 Å².